The predicted molar refractivity (Wildman–Crippen MR) is 88.9 cm³/mol. The van der Waals surface area contributed by atoms with E-state index in [1.54, 1.807) is 7.11 Å². The van der Waals surface area contributed by atoms with Gasteiger partial charge in [-0.15, -0.1) is 0 Å². The Kier molecular flexibility index (Phi) is 8.38. The van der Waals surface area contributed by atoms with Crippen LogP contribution < -0.4 is 5.73 Å². The fourth-order valence-electron chi connectivity index (χ4n) is 2.23. The normalized spacial score (nSPS) is 14.5. The van der Waals surface area contributed by atoms with Crippen LogP contribution >= 0.6 is 15.9 Å². The lowest BCUT2D eigenvalue weighted by molar-refractivity contribution is 0.120. The molecule has 114 valence electrons. The van der Waals surface area contributed by atoms with Gasteiger partial charge in [-0.3, -0.25) is 4.90 Å². The third kappa shape index (κ3) is 5.92. The lowest BCUT2D eigenvalue weighted by Gasteiger charge is -2.29. The van der Waals surface area contributed by atoms with Gasteiger partial charge in [0.2, 0.25) is 0 Å². The average Bonchev–Trinajstić information content (AvgIpc) is 2.46. The molecule has 0 radical (unpaired) electrons. The molecule has 0 aliphatic carbocycles. The molecular weight excluding hydrogens is 316 g/mol. The highest BCUT2D eigenvalue weighted by atomic mass is 79.9. The molecule has 0 bridgehead atoms. The molecule has 0 aliphatic heterocycles. The minimum atomic E-state index is 0.0848. The van der Waals surface area contributed by atoms with Gasteiger partial charge in [0.15, 0.2) is 0 Å². The highest BCUT2D eigenvalue weighted by molar-refractivity contribution is 9.10. The molecule has 2 atom stereocenters. The van der Waals surface area contributed by atoms with Gasteiger partial charge in [0.05, 0.1) is 6.61 Å². The molecule has 0 spiro atoms. The minimum absolute atomic E-state index is 0.0848. The zero-order chi connectivity index (χ0) is 15.0. The SMILES string of the molecule is CCC(C)N(CCOC)CCC(N)c1cccc(Br)c1. The second-order valence-electron chi connectivity index (χ2n) is 5.24. The van der Waals surface area contributed by atoms with Crippen LogP contribution in [0.4, 0.5) is 0 Å². The second-order valence-corrected chi connectivity index (χ2v) is 6.15. The van der Waals surface area contributed by atoms with Gasteiger partial charge in [-0.25, -0.2) is 0 Å². The van der Waals surface area contributed by atoms with E-state index in [-0.39, 0.29) is 6.04 Å². The molecule has 0 heterocycles. The molecule has 3 nitrogen and oxygen atoms in total. The lowest BCUT2D eigenvalue weighted by Crippen LogP contribution is -2.37. The number of benzene rings is 1. The third-order valence-corrected chi connectivity index (χ3v) is 4.29. The standard InChI is InChI=1S/C16H27BrN2O/c1-4-13(2)19(10-11-20-3)9-8-16(18)14-6-5-7-15(17)12-14/h5-7,12-13,16H,4,8-11,18H2,1-3H3. The Hall–Kier alpha value is -0.420. The molecule has 0 amide bonds. The van der Waals surface area contributed by atoms with E-state index in [2.05, 4.69) is 46.8 Å². The molecule has 0 fully saturated rings. The van der Waals surface area contributed by atoms with Crippen LogP contribution in [-0.2, 0) is 4.74 Å². The van der Waals surface area contributed by atoms with Gasteiger partial charge < -0.3 is 10.5 Å². The minimum Gasteiger partial charge on any atom is -0.383 e. The van der Waals surface area contributed by atoms with Gasteiger partial charge >= 0.3 is 0 Å². The number of ether oxygens (including phenoxy) is 1. The van der Waals surface area contributed by atoms with Crippen LogP contribution in [0, 0.1) is 0 Å². The van der Waals surface area contributed by atoms with Crippen molar-refractivity contribution in [1.82, 2.24) is 4.90 Å². The molecular formula is C16H27BrN2O. The molecule has 2 N–H and O–H groups in total. The number of nitrogens with two attached hydrogens (primary N) is 1. The van der Waals surface area contributed by atoms with Crippen LogP contribution in [0.1, 0.15) is 38.3 Å². The Morgan fingerprint density at radius 2 is 2.10 bits per heavy atom. The summed E-state index contributed by atoms with van der Waals surface area (Å²) in [5.74, 6) is 0. The average molecular weight is 343 g/mol. The van der Waals surface area contributed by atoms with Crippen LogP contribution in [-0.4, -0.2) is 37.7 Å². The fourth-order valence-corrected chi connectivity index (χ4v) is 2.65. The van der Waals surface area contributed by atoms with E-state index in [0.29, 0.717) is 6.04 Å². The maximum absolute atomic E-state index is 6.30. The number of halogens is 1. The van der Waals surface area contributed by atoms with Crippen LogP contribution in [0.15, 0.2) is 28.7 Å². The highest BCUT2D eigenvalue weighted by Crippen LogP contribution is 2.19. The molecule has 0 aromatic heterocycles. The van der Waals surface area contributed by atoms with Crippen molar-refractivity contribution in [3.8, 4) is 0 Å². The van der Waals surface area contributed by atoms with E-state index in [9.17, 15) is 0 Å². The van der Waals surface area contributed by atoms with Gasteiger partial charge in [0, 0.05) is 36.8 Å². The zero-order valence-electron chi connectivity index (χ0n) is 12.8. The van der Waals surface area contributed by atoms with Crippen molar-refractivity contribution in [2.24, 2.45) is 5.73 Å². The van der Waals surface area contributed by atoms with Gasteiger partial charge in [-0.1, -0.05) is 35.0 Å². The van der Waals surface area contributed by atoms with Gasteiger partial charge in [0.25, 0.3) is 0 Å². The zero-order valence-corrected chi connectivity index (χ0v) is 14.4. The van der Waals surface area contributed by atoms with E-state index in [0.717, 1.165) is 37.0 Å². The third-order valence-electron chi connectivity index (χ3n) is 3.80. The first-order valence-electron chi connectivity index (χ1n) is 7.32. The summed E-state index contributed by atoms with van der Waals surface area (Å²) in [7, 11) is 1.75. The smallest absolute Gasteiger partial charge is 0.0589 e. The Morgan fingerprint density at radius 3 is 2.70 bits per heavy atom. The highest BCUT2D eigenvalue weighted by Gasteiger charge is 2.14. The van der Waals surface area contributed by atoms with Crippen LogP contribution in [0.3, 0.4) is 0 Å². The lowest BCUT2D eigenvalue weighted by atomic mass is 10.0. The molecule has 20 heavy (non-hydrogen) atoms. The van der Waals surface area contributed by atoms with Crippen LogP contribution in [0.2, 0.25) is 0 Å². The van der Waals surface area contributed by atoms with Gasteiger partial charge in [-0.2, -0.15) is 0 Å². The number of methoxy groups -OCH3 is 1. The van der Waals surface area contributed by atoms with Crippen LogP contribution in [0.5, 0.6) is 0 Å². The summed E-state index contributed by atoms with van der Waals surface area (Å²) in [6.45, 7) is 7.23. The number of hydrogen-bond donors (Lipinski definition) is 1. The molecule has 4 heteroatoms. The summed E-state index contributed by atoms with van der Waals surface area (Å²) in [6, 6.07) is 8.92. The first-order valence-corrected chi connectivity index (χ1v) is 8.11. The monoisotopic (exact) mass is 342 g/mol. The molecule has 0 saturated heterocycles. The maximum atomic E-state index is 6.30. The second kappa shape index (κ2) is 9.50. The predicted octanol–water partition coefficient (Wildman–Crippen LogP) is 3.59. The van der Waals surface area contributed by atoms with Crippen molar-refractivity contribution in [2.45, 2.75) is 38.8 Å². The van der Waals surface area contributed by atoms with Gasteiger partial charge in [0.1, 0.15) is 0 Å². The van der Waals surface area contributed by atoms with Crippen molar-refractivity contribution >= 4 is 15.9 Å². The fraction of sp³-hybridized carbons (Fsp3) is 0.625. The molecule has 2 unspecified atom stereocenters. The first-order chi connectivity index (χ1) is 9.58. The molecule has 0 saturated carbocycles. The number of hydrogen-bond acceptors (Lipinski definition) is 3. The van der Waals surface area contributed by atoms with E-state index in [1.807, 2.05) is 12.1 Å². The summed E-state index contributed by atoms with van der Waals surface area (Å²) in [6.07, 6.45) is 2.11. The van der Waals surface area contributed by atoms with Crippen molar-refractivity contribution in [3.05, 3.63) is 34.3 Å². The number of rotatable bonds is 9. The van der Waals surface area contributed by atoms with Crippen molar-refractivity contribution in [2.75, 3.05) is 26.8 Å². The van der Waals surface area contributed by atoms with E-state index in [1.165, 1.54) is 5.56 Å². The van der Waals surface area contributed by atoms with Crippen molar-refractivity contribution < 1.29 is 4.74 Å². The Labute approximate surface area is 131 Å². The molecule has 1 rings (SSSR count). The summed E-state index contributed by atoms with van der Waals surface area (Å²) in [5.41, 5.74) is 7.49. The Bertz CT molecular complexity index is 386. The summed E-state index contributed by atoms with van der Waals surface area (Å²) in [4.78, 5) is 2.46. The largest absolute Gasteiger partial charge is 0.383 e. The van der Waals surface area contributed by atoms with E-state index >= 15 is 0 Å². The quantitative estimate of drug-likeness (QED) is 0.745. The maximum Gasteiger partial charge on any atom is 0.0589 e. The summed E-state index contributed by atoms with van der Waals surface area (Å²) < 4.78 is 6.28. The summed E-state index contributed by atoms with van der Waals surface area (Å²) >= 11 is 3.50. The van der Waals surface area contributed by atoms with Gasteiger partial charge in [-0.05, 0) is 37.5 Å². The number of nitrogens with zero attached hydrogens (tertiary/aromatic N) is 1. The summed E-state index contributed by atoms with van der Waals surface area (Å²) in [5, 5.41) is 0. The van der Waals surface area contributed by atoms with Crippen LogP contribution in [0.25, 0.3) is 0 Å². The Balaban J connectivity index is 2.53. The van der Waals surface area contributed by atoms with E-state index in [4.69, 9.17) is 10.5 Å². The first kappa shape index (κ1) is 17.6. The topological polar surface area (TPSA) is 38.5 Å². The van der Waals surface area contributed by atoms with Crippen molar-refractivity contribution in [3.63, 3.8) is 0 Å². The molecule has 1 aromatic rings. The molecule has 0 aliphatic rings. The van der Waals surface area contributed by atoms with Crippen molar-refractivity contribution in [1.29, 1.82) is 0 Å². The van der Waals surface area contributed by atoms with E-state index < -0.39 is 0 Å². The molecule has 1 aromatic carbocycles. The Morgan fingerprint density at radius 1 is 1.35 bits per heavy atom.